The van der Waals surface area contributed by atoms with E-state index in [4.69, 9.17) is 34.4 Å². The van der Waals surface area contributed by atoms with E-state index in [9.17, 15) is 19.2 Å². The molecule has 2 aromatic carbocycles. The lowest BCUT2D eigenvalue weighted by atomic mass is 9.99. The molecule has 232 valence electrons. The molecule has 2 aliphatic heterocycles. The molecular weight excluding hydrogens is 605 g/mol. The number of nitrogens with zero attached hydrogens (tertiary/aromatic N) is 4. The van der Waals surface area contributed by atoms with Crippen LogP contribution in [0.15, 0.2) is 61.2 Å². The van der Waals surface area contributed by atoms with Crippen molar-refractivity contribution < 1.29 is 23.9 Å². The molecule has 0 unspecified atom stereocenters. The molecule has 0 bridgehead atoms. The minimum Gasteiger partial charge on any atom is -0.461 e. The molecule has 12 heteroatoms. The number of terminal acetylenes is 1. The summed E-state index contributed by atoms with van der Waals surface area (Å²) in [6.07, 6.45) is 7.72. The molecular formula is C32H35Cl2N5O5. The summed E-state index contributed by atoms with van der Waals surface area (Å²) in [5, 5.41) is 6.66. The number of rotatable bonds is 12. The highest BCUT2D eigenvalue weighted by atomic mass is 35.5. The minimum absolute atomic E-state index is 0.0209. The maximum absolute atomic E-state index is 14.0. The zero-order valence-electron chi connectivity index (χ0n) is 24.3. The molecule has 0 spiro atoms. The first kappa shape index (κ1) is 32.9. The Balaban J connectivity index is 1.60. The van der Waals surface area contributed by atoms with Crippen molar-refractivity contribution in [2.24, 2.45) is 0 Å². The summed E-state index contributed by atoms with van der Waals surface area (Å²) in [5.41, 5.74) is 1.64. The van der Waals surface area contributed by atoms with Gasteiger partial charge in [-0.25, -0.2) is 9.80 Å². The lowest BCUT2D eigenvalue weighted by Gasteiger charge is -2.55. The number of piperazine rings is 1. The molecule has 0 radical (unpaired) electrons. The van der Waals surface area contributed by atoms with Crippen LogP contribution in [0, 0.1) is 12.3 Å². The van der Waals surface area contributed by atoms with Crippen molar-refractivity contribution in [3.05, 3.63) is 82.4 Å². The van der Waals surface area contributed by atoms with Crippen LogP contribution in [0.2, 0.25) is 10.0 Å². The third-order valence-corrected chi connectivity index (χ3v) is 8.17. The molecule has 2 aliphatic rings. The molecule has 4 rings (SSSR count). The monoisotopic (exact) mass is 639 g/mol. The summed E-state index contributed by atoms with van der Waals surface area (Å²) in [5.74, 6) is 1.61. The molecule has 44 heavy (non-hydrogen) atoms. The summed E-state index contributed by atoms with van der Waals surface area (Å²) < 4.78 is 5.05. The van der Waals surface area contributed by atoms with Gasteiger partial charge in [0.2, 0.25) is 11.8 Å². The van der Waals surface area contributed by atoms with Gasteiger partial charge in [-0.15, -0.1) is 6.42 Å². The summed E-state index contributed by atoms with van der Waals surface area (Å²) >= 11 is 12.4. The first-order valence-corrected chi connectivity index (χ1v) is 15.1. The zero-order valence-corrected chi connectivity index (χ0v) is 25.8. The number of carbonyl (C=O) groups is 4. The lowest BCUT2D eigenvalue weighted by molar-refractivity contribution is -0.189. The molecule has 2 aromatic rings. The fraction of sp³-hybridized carbons (Fsp3) is 0.375. The lowest BCUT2D eigenvalue weighted by Crippen LogP contribution is -2.76. The van der Waals surface area contributed by atoms with Gasteiger partial charge in [0.25, 0.3) is 0 Å². The predicted octanol–water partition coefficient (Wildman–Crippen LogP) is 4.22. The maximum Gasteiger partial charge on any atom is 0.334 e. The third kappa shape index (κ3) is 8.11. The number of ether oxygens (including phenoxy) is 1. The summed E-state index contributed by atoms with van der Waals surface area (Å²) in [6.45, 7) is 4.02. The van der Waals surface area contributed by atoms with Gasteiger partial charge in [0.15, 0.2) is 0 Å². The van der Waals surface area contributed by atoms with Crippen LogP contribution in [0.25, 0.3) is 0 Å². The van der Waals surface area contributed by atoms with E-state index in [2.05, 4.69) is 17.8 Å². The molecule has 0 saturated carbocycles. The number of fused-ring (bicyclic) bond motifs is 1. The first-order valence-electron chi connectivity index (χ1n) is 14.3. The topological polar surface area (TPSA) is 102 Å². The van der Waals surface area contributed by atoms with E-state index in [1.54, 1.807) is 23.1 Å². The molecule has 2 saturated heterocycles. The van der Waals surface area contributed by atoms with Gasteiger partial charge in [-0.05, 0) is 36.1 Å². The van der Waals surface area contributed by atoms with Crippen molar-refractivity contribution in [2.45, 2.75) is 51.0 Å². The number of hydrogen-bond donors (Lipinski definition) is 1. The Bertz CT molecular complexity index is 1420. The van der Waals surface area contributed by atoms with Crippen molar-refractivity contribution in [3.8, 4) is 12.3 Å². The second-order valence-electron chi connectivity index (χ2n) is 10.5. The highest BCUT2D eigenvalue weighted by molar-refractivity contribution is 6.42. The molecule has 0 aromatic heterocycles. The Labute approximate surface area is 267 Å². The maximum atomic E-state index is 14.0. The largest absolute Gasteiger partial charge is 0.461 e. The second-order valence-corrected chi connectivity index (χ2v) is 11.3. The number of esters is 1. The Morgan fingerprint density at radius 2 is 1.86 bits per heavy atom. The van der Waals surface area contributed by atoms with Crippen LogP contribution in [0.1, 0.15) is 36.8 Å². The SMILES string of the molecule is C#CCN1CC(=O)N2[C@@H](CCCCC(=O)OCC=C)C(=O)N(Cc3ccc(Cl)c(Cl)c3)C[C@@H]2N1C(=O)NCc1ccccc1. The Kier molecular flexibility index (Phi) is 11.7. The van der Waals surface area contributed by atoms with Crippen LogP contribution in [0.5, 0.6) is 0 Å². The summed E-state index contributed by atoms with van der Waals surface area (Å²) in [7, 11) is 0. The van der Waals surface area contributed by atoms with Crippen molar-refractivity contribution in [1.29, 1.82) is 0 Å². The number of hydrazine groups is 1. The molecule has 10 nitrogen and oxygen atoms in total. The van der Waals surface area contributed by atoms with Gasteiger partial charge >= 0.3 is 12.0 Å². The minimum atomic E-state index is -0.856. The Morgan fingerprint density at radius 3 is 2.57 bits per heavy atom. The Hall–Kier alpha value is -4.04. The molecule has 1 N–H and O–H groups in total. The van der Waals surface area contributed by atoms with Crippen LogP contribution in [-0.2, 0) is 32.2 Å². The van der Waals surface area contributed by atoms with Gasteiger partial charge in [0.1, 0.15) is 18.8 Å². The van der Waals surface area contributed by atoms with Crippen molar-refractivity contribution in [1.82, 2.24) is 25.1 Å². The number of unbranched alkanes of at least 4 members (excludes halogenated alkanes) is 1. The number of benzene rings is 2. The number of hydrogen-bond acceptors (Lipinski definition) is 6. The molecule has 2 atom stereocenters. The quantitative estimate of drug-likeness (QED) is 0.161. The van der Waals surface area contributed by atoms with Crippen LogP contribution >= 0.6 is 23.2 Å². The highest BCUT2D eigenvalue weighted by Gasteiger charge is 2.51. The van der Waals surface area contributed by atoms with E-state index in [-0.39, 0.29) is 63.5 Å². The second kappa shape index (κ2) is 15.6. The number of nitrogens with one attached hydrogen (secondary N) is 1. The van der Waals surface area contributed by atoms with Crippen LogP contribution in [0.4, 0.5) is 4.79 Å². The summed E-state index contributed by atoms with van der Waals surface area (Å²) in [6, 6.07) is 13.3. The van der Waals surface area contributed by atoms with Crippen molar-refractivity contribution >= 4 is 47.0 Å². The van der Waals surface area contributed by atoms with Crippen molar-refractivity contribution in [3.63, 3.8) is 0 Å². The smallest absolute Gasteiger partial charge is 0.334 e. The highest BCUT2D eigenvalue weighted by Crippen LogP contribution is 2.31. The average molecular weight is 641 g/mol. The van der Waals surface area contributed by atoms with E-state index in [1.807, 2.05) is 30.3 Å². The molecule has 4 amide bonds. The van der Waals surface area contributed by atoms with E-state index >= 15 is 0 Å². The molecule has 0 aliphatic carbocycles. The van der Waals surface area contributed by atoms with Gasteiger partial charge < -0.3 is 19.9 Å². The molecule has 2 fully saturated rings. The number of halogens is 2. The zero-order chi connectivity index (χ0) is 31.6. The number of amides is 4. The normalized spacial score (nSPS) is 18.4. The van der Waals surface area contributed by atoms with E-state index < -0.39 is 18.2 Å². The van der Waals surface area contributed by atoms with Gasteiger partial charge in [0.05, 0.1) is 29.7 Å². The fourth-order valence-electron chi connectivity index (χ4n) is 5.40. The third-order valence-electron chi connectivity index (χ3n) is 7.43. The van der Waals surface area contributed by atoms with Gasteiger partial charge in [-0.2, -0.15) is 5.01 Å². The number of urea groups is 1. The fourth-order valence-corrected chi connectivity index (χ4v) is 5.72. The van der Waals surface area contributed by atoms with Gasteiger partial charge in [-0.1, -0.05) is 84.6 Å². The van der Waals surface area contributed by atoms with E-state index in [1.165, 1.54) is 21.0 Å². The van der Waals surface area contributed by atoms with Gasteiger partial charge in [-0.3, -0.25) is 14.4 Å². The van der Waals surface area contributed by atoms with Gasteiger partial charge in [0, 0.05) is 19.5 Å². The standard InChI is InChI=1S/C32H35Cl2N5O5/c1-3-16-37-22-29(40)38-27(12-8-9-13-30(41)44-17-4-2)31(42)36(20-24-14-15-25(33)26(34)18-24)21-28(38)39(37)32(43)35-19-23-10-6-5-7-11-23/h1,4-7,10-11,14-15,18,27-28H,2,8-9,12-13,16-17,19-22H2,(H,35,43)/t27-,28-/m0/s1. The van der Waals surface area contributed by atoms with Crippen LogP contribution < -0.4 is 5.32 Å². The number of carbonyl (C=O) groups excluding carboxylic acids is 4. The Morgan fingerprint density at radius 1 is 1.09 bits per heavy atom. The van der Waals surface area contributed by atoms with Crippen LogP contribution in [-0.4, -0.2) is 82.1 Å². The van der Waals surface area contributed by atoms with E-state index in [0.29, 0.717) is 29.3 Å². The predicted molar refractivity (Wildman–Crippen MR) is 167 cm³/mol. The van der Waals surface area contributed by atoms with E-state index in [0.717, 1.165) is 11.1 Å². The first-order chi connectivity index (χ1) is 21.2. The molecule has 2 heterocycles. The van der Waals surface area contributed by atoms with Crippen molar-refractivity contribution in [2.75, 3.05) is 26.2 Å². The van der Waals surface area contributed by atoms with Crippen LogP contribution in [0.3, 0.4) is 0 Å². The summed E-state index contributed by atoms with van der Waals surface area (Å²) in [4.78, 5) is 56.4. The average Bonchev–Trinajstić information content (AvgIpc) is 3.01.